The average molecular weight is 199 g/mol. The minimum Gasteiger partial charge on any atom is -0.350 e. The van der Waals surface area contributed by atoms with Crippen molar-refractivity contribution in [2.45, 2.75) is 19.9 Å². The predicted molar refractivity (Wildman–Crippen MR) is 51.8 cm³/mol. The maximum atomic E-state index is 11.4. The summed E-state index contributed by atoms with van der Waals surface area (Å²) >= 11 is 5.63. The van der Waals surface area contributed by atoms with Crippen LogP contribution in [-0.2, 0) is 0 Å². The second kappa shape index (κ2) is 4.23. The number of hydrogen-bond acceptors (Lipinski definition) is 2. The van der Waals surface area contributed by atoms with Crippen molar-refractivity contribution in [3.8, 4) is 0 Å². The maximum Gasteiger partial charge on any atom is 0.251 e. The Morgan fingerprint density at radius 3 is 2.85 bits per heavy atom. The molecule has 0 fully saturated rings. The Hall–Kier alpha value is -1.09. The minimum atomic E-state index is -0.126. The number of carbonyl (C=O) groups is 1. The van der Waals surface area contributed by atoms with E-state index in [1.54, 1.807) is 12.1 Å². The van der Waals surface area contributed by atoms with Gasteiger partial charge in [0.2, 0.25) is 0 Å². The van der Waals surface area contributed by atoms with Crippen molar-refractivity contribution in [1.82, 2.24) is 10.3 Å². The summed E-state index contributed by atoms with van der Waals surface area (Å²) in [6, 6.07) is 3.29. The van der Waals surface area contributed by atoms with Crippen molar-refractivity contribution in [3.63, 3.8) is 0 Å². The van der Waals surface area contributed by atoms with Crippen LogP contribution < -0.4 is 5.32 Å². The Bertz CT molecular complexity index is 312. The highest BCUT2D eigenvalue weighted by Crippen LogP contribution is 2.06. The predicted octanol–water partition coefficient (Wildman–Crippen LogP) is 1.87. The first kappa shape index (κ1) is 9.99. The molecule has 1 aromatic heterocycles. The van der Waals surface area contributed by atoms with Gasteiger partial charge in [0.15, 0.2) is 0 Å². The fourth-order valence-electron chi connectivity index (χ4n) is 0.889. The molecule has 0 radical (unpaired) electrons. The van der Waals surface area contributed by atoms with Crippen LogP contribution in [0.3, 0.4) is 0 Å². The number of carbonyl (C=O) groups excluding carboxylic acids is 1. The highest BCUT2D eigenvalue weighted by molar-refractivity contribution is 6.29. The van der Waals surface area contributed by atoms with Gasteiger partial charge in [-0.1, -0.05) is 11.6 Å². The van der Waals surface area contributed by atoms with Crippen LogP contribution in [0.15, 0.2) is 18.3 Å². The van der Waals surface area contributed by atoms with E-state index in [0.29, 0.717) is 10.7 Å². The lowest BCUT2D eigenvalue weighted by atomic mass is 10.2. The average Bonchev–Trinajstić information content (AvgIpc) is 2.03. The first-order valence-corrected chi connectivity index (χ1v) is 4.40. The molecule has 1 rings (SSSR count). The molecule has 0 saturated carbocycles. The monoisotopic (exact) mass is 198 g/mol. The van der Waals surface area contributed by atoms with E-state index >= 15 is 0 Å². The Labute approximate surface area is 82.1 Å². The Morgan fingerprint density at radius 1 is 1.62 bits per heavy atom. The molecule has 0 aromatic carbocycles. The van der Waals surface area contributed by atoms with E-state index in [0.717, 1.165) is 0 Å². The van der Waals surface area contributed by atoms with E-state index < -0.39 is 0 Å². The molecule has 0 unspecified atom stereocenters. The largest absolute Gasteiger partial charge is 0.350 e. The summed E-state index contributed by atoms with van der Waals surface area (Å²) < 4.78 is 0. The molecule has 70 valence electrons. The molecule has 3 nitrogen and oxygen atoms in total. The third kappa shape index (κ3) is 3.03. The summed E-state index contributed by atoms with van der Waals surface area (Å²) in [5.74, 6) is -0.126. The standard InChI is InChI=1S/C9H11ClN2O/c1-6(2)12-9(13)7-3-4-11-8(10)5-7/h3-6H,1-2H3,(H,12,13). The summed E-state index contributed by atoms with van der Waals surface area (Å²) in [5, 5.41) is 3.09. The molecule has 13 heavy (non-hydrogen) atoms. The van der Waals surface area contributed by atoms with Crippen molar-refractivity contribution in [2.24, 2.45) is 0 Å². The van der Waals surface area contributed by atoms with E-state index in [1.165, 1.54) is 6.20 Å². The molecule has 1 heterocycles. The zero-order valence-corrected chi connectivity index (χ0v) is 8.30. The quantitative estimate of drug-likeness (QED) is 0.738. The smallest absolute Gasteiger partial charge is 0.251 e. The van der Waals surface area contributed by atoms with Crippen LogP contribution in [0.4, 0.5) is 0 Å². The van der Waals surface area contributed by atoms with Crippen molar-refractivity contribution >= 4 is 17.5 Å². The number of nitrogens with one attached hydrogen (secondary N) is 1. The van der Waals surface area contributed by atoms with Crippen LogP contribution in [0.25, 0.3) is 0 Å². The molecule has 1 N–H and O–H groups in total. The second-order valence-electron chi connectivity index (χ2n) is 3.00. The molecule has 0 aliphatic heterocycles. The molecule has 1 aromatic rings. The molecule has 4 heteroatoms. The lowest BCUT2D eigenvalue weighted by molar-refractivity contribution is 0.0943. The van der Waals surface area contributed by atoms with E-state index in [9.17, 15) is 4.79 Å². The Kier molecular flexibility index (Phi) is 3.25. The van der Waals surface area contributed by atoms with Crippen LogP contribution in [0.1, 0.15) is 24.2 Å². The van der Waals surface area contributed by atoms with Gasteiger partial charge >= 0.3 is 0 Å². The van der Waals surface area contributed by atoms with E-state index in [-0.39, 0.29) is 11.9 Å². The normalized spacial score (nSPS) is 10.2. The molecule has 0 saturated heterocycles. The van der Waals surface area contributed by atoms with Gasteiger partial charge in [-0.3, -0.25) is 4.79 Å². The molecular weight excluding hydrogens is 188 g/mol. The van der Waals surface area contributed by atoms with E-state index in [2.05, 4.69) is 10.3 Å². The third-order valence-electron chi connectivity index (χ3n) is 1.41. The van der Waals surface area contributed by atoms with Gasteiger partial charge in [0.25, 0.3) is 5.91 Å². The van der Waals surface area contributed by atoms with Gasteiger partial charge in [0, 0.05) is 17.8 Å². The zero-order valence-electron chi connectivity index (χ0n) is 7.54. The first-order chi connectivity index (χ1) is 6.09. The SMILES string of the molecule is CC(C)NC(=O)c1ccnc(Cl)c1. The number of nitrogens with zero attached hydrogens (tertiary/aromatic N) is 1. The van der Waals surface area contributed by atoms with Gasteiger partial charge in [0.05, 0.1) is 0 Å². The zero-order chi connectivity index (χ0) is 9.84. The fraction of sp³-hybridized carbons (Fsp3) is 0.333. The Balaban J connectivity index is 2.77. The van der Waals surface area contributed by atoms with Gasteiger partial charge in [-0.15, -0.1) is 0 Å². The number of aromatic nitrogens is 1. The number of amides is 1. The molecule has 0 aliphatic rings. The summed E-state index contributed by atoms with van der Waals surface area (Å²) in [6.45, 7) is 3.81. The number of pyridine rings is 1. The van der Waals surface area contributed by atoms with E-state index in [1.807, 2.05) is 13.8 Å². The number of hydrogen-bond donors (Lipinski definition) is 1. The third-order valence-corrected chi connectivity index (χ3v) is 1.62. The first-order valence-electron chi connectivity index (χ1n) is 4.02. The van der Waals surface area contributed by atoms with Crippen LogP contribution in [0.5, 0.6) is 0 Å². The van der Waals surface area contributed by atoms with Gasteiger partial charge in [-0.2, -0.15) is 0 Å². The Morgan fingerprint density at radius 2 is 2.31 bits per heavy atom. The van der Waals surface area contributed by atoms with Crippen molar-refractivity contribution in [3.05, 3.63) is 29.0 Å². The summed E-state index contributed by atoms with van der Waals surface area (Å²) in [7, 11) is 0. The number of rotatable bonds is 2. The summed E-state index contributed by atoms with van der Waals surface area (Å²) in [4.78, 5) is 15.2. The van der Waals surface area contributed by atoms with Gasteiger partial charge in [-0.25, -0.2) is 4.98 Å². The van der Waals surface area contributed by atoms with Crippen LogP contribution in [0.2, 0.25) is 5.15 Å². The highest BCUT2D eigenvalue weighted by atomic mass is 35.5. The van der Waals surface area contributed by atoms with Gasteiger partial charge in [-0.05, 0) is 26.0 Å². The van der Waals surface area contributed by atoms with E-state index in [4.69, 9.17) is 11.6 Å². The van der Waals surface area contributed by atoms with Gasteiger partial charge in [0.1, 0.15) is 5.15 Å². The molecule has 0 aliphatic carbocycles. The summed E-state index contributed by atoms with van der Waals surface area (Å²) in [6.07, 6.45) is 1.51. The van der Waals surface area contributed by atoms with Crippen molar-refractivity contribution in [2.75, 3.05) is 0 Å². The fourth-order valence-corrected chi connectivity index (χ4v) is 1.06. The second-order valence-corrected chi connectivity index (χ2v) is 3.38. The molecule has 1 amide bonds. The van der Waals surface area contributed by atoms with Crippen LogP contribution in [0, 0.1) is 0 Å². The minimum absolute atomic E-state index is 0.124. The lowest BCUT2D eigenvalue weighted by Gasteiger charge is -2.07. The summed E-state index contributed by atoms with van der Waals surface area (Å²) in [5.41, 5.74) is 0.536. The van der Waals surface area contributed by atoms with Crippen LogP contribution in [-0.4, -0.2) is 16.9 Å². The van der Waals surface area contributed by atoms with Gasteiger partial charge < -0.3 is 5.32 Å². The topological polar surface area (TPSA) is 42.0 Å². The lowest BCUT2D eigenvalue weighted by Crippen LogP contribution is -2.30. The van der Waals surface area contributed by atoms with Crippen molar-refractivity contribution < 1.29 is 4.79 Å². The van der Waals surface area contributed by atoms with Crippen molar-refractivity contribution in [1.29, 1.82) is 0 Å². The highest BCUT2D eigenvalue weighted by Gasteiger charge is 2.06. The number of halogens is 1. The maximum absolute atomic E-state index is 11.4. The molecular formula is C9H11ClN2O. The molecule has 0 spiro atoms. The molecule has 0 bridgehead atoms. The molecule has 0 atom stereocenters. The van der Waals surface area contributed by atoms with Crippen LogP contribution >= 0.6 is 11.6 Å².